The SMILES string of the molecule is CCN(CC(=O)O)C1CC(NC(=O)[C@@H]2COc3ccccc32)C1. The fourth-order valence-corrected chi connectivity index (χ4v) is 3.36. The highest BCUT2D eigenvalue weighted by Gasteiger charge is 2.37. The summed E-state index contributed by atoms with van der Waals surface area (Å²) in [6.07, 6.45) is 1.62. The number of carboxylic acids is 1. The maximum absolute atomic E-state index is 12.4. The summed E-state index contributed by atoms with van der Waals surface area (Å²) in [5.74, 6) is -0.261. The van der Waals surface area contributed by atoms with Crippen LogP contribution in [0.25, 0.3) is 0 Å². The first-order chi connectivity index (χ1) is 11.1. The number of para-hydroxylation sites is 1. The van der Waals surface area contributed by atoms with E-state index in [-0.39, 0.29) is 30.5 Å². The predicted octanol–water partition coefficient (Wildman–Crippen LogP) is 1.22. The number of ether oxygens (including phenoxy) is 1. The van der Waals surface area contributed by atoms with Crippen molar-refractivity contribution in [3.8, 4) is 5.75 Å². The van der Waals surface area contributed by atoms with Crippen LogP contribution in [0.5, 0.6) is 5.75 Å². The smallest absolute Gasteiger partial charge is 0.317 e. The maximum atomic E-state index is 12.4. The number of aliphatic carboxylic acids is 1. The molecule has 1 fully saturated rings. The second-order valence-corrected chi connectivity index (χ2v) is 6.19. The summed E-state index contributed by atoms with van der Waals surface area (Å²) in [6, 6.07) is 8.00. The molecule has 0 unspecified atom stereocenters. The minimum absolute atomic E-state index is 0.000293. The third-order valence-electron chi connectivity index (χ3n) is 4.74. The summed E-state index contributed by atoms with van der Waals surface area (Å²) in [4.78, 5) is 25.2. The van der Waals surface area contributed by atoms with E-state index in [0.717, 1.165) is 24.2 Å². The Morgan fingerprint density at radius 1 is 1.35 bits per heavy atom. The zero-order chi connectivity index (χ0) is 16.4. The largest absolute Gasteiger partial charge is 0.492 e. The van der Waals surface area contributed by atoms with E-state index in [2.05, 4.69) is 5.32 Å². The van der Waals surface area contributed by atoms with Crippen molar-refractivity contribution in [3.63, 3.8) is 0 Å². The van der Waals surface area contributed by atoms with E-state index in [1.807, 2.05) is 36.1 Å². The lowest BCUT2D eigenvalue weighted by atomic mass is 9.84. The number of nitrogens with zero attached hydrogens (tertiary/aromatic N) is 1. The molecule has 0 aromatic heterocycles. The van der Waals surface area contributed by atoms with Crippen molar-refractivity contribution in [2.45, 2.75) is 37.8 Å². The van der Waals surface area contributed by atoms with Crippen molar-refractivity contribution in [2.24, 2.45) is 0 Å². The molecule has 1 amide bonds. The molecule has 1 aliphatic carbocycles. The zero-order valence-electron chi connectivity index (χ0n) is 13.2. The maximum Gasteiger partial charge on any atom is 0.317 e. The lowest BCUT2D eigenvalue weighted by Gasteiger charge is -2.42. The molecule has 1 saturated carbocycles. The van der Waals surface area contributed by atoms with E-state index >= 15 is 0 Å². The zero-order valence-corrected chi connectivity index (χ0v) is 13.2. The van der Waals surface area contributed by atoms with Crippen LogP contribution in [-0.4, -0.2) is 53.7 Å². The van der Waals surface area contributed by atoms with Gasteiger partial charge < -0.3 is 15.2 Å². The first-order valence-corrected chi connectivity index (χ1v) is 8.06. The minimum Gasteiger partial charge on any atom is -0.492 e. The van der Waals surface area contributed by atoms with Crippen molar-refractivity contribution in [3.05, 3.63) is 29.8 Å². The summed E-state index contributed by atoms with van der Waals surface area (Å²) in [7, 11) is 0. The van der Waals surface area contributed by atoms with Crippen LogP contribution in [0.2, 0.25) is 0 Å². The minimum atomic E-state index is -0.806. The van der Waals surface area contributed by atoms with Crippen molar-refractivity contribution < 1.29 is 19.4 Å². The van der Waals surface area contributed by atoms with Crippen molar-refractivity contribution in [2.75, 3.05) is 19.7 Å². The molecule has 2 aliphatic rings. The van der Waals surface area contributed by atoms with Gasteiger partial charge in [0.05, 0.1) is 6.54 Å². The van der Waals surface area contributed by atoms with Crippen LogP contribution in [0.15, 0.2) is 24.3 Å². The third kappa shape index (κ3) is 3.32. The van der Waals surface area contributed by atoms with E-state index in [4.69, 9.17) is 9.84 Å². The van der Waals surface area contributed by atoms with E-state index in [0.29, 0.717) is 13.2 Å². The number of rotatable bonds is 6. The standard InChI is InChI=1S/C17H22N2O4/c1-2-19(9-16(20)21)12-7-11(8-12)18-17(22)14-10-23-15-6-4-3-5-13(14)15/h3-6,11-12,14H,2,7-10H2,1H3,(H,18,22)(H,20,21)/t11?,12?,14-/m1/s1. The van der Waals surface area contributed by atoms with Gasteiger partial charge in [0.15, 0.2) is 0 Å². The van der Waals surface area contributed by atoms with Gasteiger partial charge in [-0.1, -0.05) is 25.1 Å². The molecule has 6 heteroatoms. The first kappa shape index (κ1) is 15.8. The Morgan fingerprint density at radius 2 is 2.09 bits per heavy atom. The normalized spacial score (nSPS) is 25.4. The highest BCUT2D eigenvalue weighted by Crippen LogP contribution is 2.34. The van der Waals surface area contributed by atoms with Crippen molar-refractivity contribution in [1.29, 1.82) is 0 Å². The van der Waals surface area contributed by atoms with E-state index in [1.165, 1.54) is 0 Å². The van der Waals surface area contributed by atoms with Crippen LogP contribution >= 0.6 is 0 Å². The average Bonchev–Trinajstić information content (AvgIpc) is 2.92. The average molecular weight is 318 g/mol. The molecule has 0 radical (unpaired) electrons. The number of hydrogen-bond acceptors (Lipinski definition) is 4. The van der Waals surface area contributed by atoms with Gasteiger partial charge in [0.25, 0.3) is 0 Å². The highest BCUT2D eigenvalue weighted by molar-refractivity contribution is 5.85. The van der Waals surface area contributed by atoms with Crippen LogP contribution in [-0.2, 0) is 9.59 Å². The molecule has 0 bridgehead atoms. The van der Waals surface area contributed by atoms with Gasteiger partial charge in [0, 0.05) is 17.6 Å². The fraction of sp³-hybridized carbons (Fsp3) is 0.529. The second kappa shape index (κ2) is 6.58. The van der Waals surface area contributed by atoms with Gasteiger partial charge in [-0.3, -0.25) is 14.5 Å². The Kier molecular flexibility index (Phi) is 4.52. The summed E-state index contributed by atoms with van der Waals surface area (Å²) in [6.45, 7) is 3.12. The van der Waals surface area contributed by atoms with Gasteiger partial charge in [-0.25, -0.2) is 0 Å². The molecule has 2 N–H and O–H groups in total. The van der Waals surface area contributed by atoms with Gasteiger partial charge in [-0.2, -0.15) is 0 Å². The van der Waals surface area contributed by atoms with Gasteiger partial charge in [0.1, 0.15) is 18.3 Å². The fourth-order valence-electron chi connectivity index (χ4n) is 3.36. The Labute approximate surface area is 135 Å². The Morgan fingerprint density at radius 3 is 2.78 bits per heavy atom. The molecule has 124 valence electrons. The summed E-state index contributed by atoms with van der Waals surface area (Å²) in [5, 5.41) is 12.0. The molecule has 1 aromatic rings. The van der Waals surface area contributed by atoms with Gasteiger partial charge in [0.2, 0.25) is 5.91 Å². The number of carboxylic acid groups (broad SMARTS) is 1. The van der Waals surface area contributed by atoms with Crippen molar-refractivity contribution >= 4 is 11.9 Å². The summed E-state index contributed by atoms with van der Waals surface area (Å²) >= 11 is 0. The quantitative estimate of drug-likeness (QED) is 0.824. The molecular formula is C17H22N2O4. The molecule has 23 heavy (non-hydrogen) atoms. The van der Waals surface area contributed by atoms with Crippen LogP contribution in [0.4, 0.5) is 0 Å². The van der Waals surface area contributed by atoms with Crippen LogP contribution < -0.4 is 10.1 Å². The molecule has 1 aromatic carbocycles. The molecule has 3 rings (SSSR count). The molecule has 1 atom stereocenters. The van der Waals surface area contributed by atoms with E-state index in [1.54, 1.807) is 0 Å². The van der Waals surface area contributed by atoms with Crippen LogP contribution in [0.3, 0.4) is 0 Å². The Bertz CT molecular complexity index is 598. The number of carbonyl (C=O) groups is 2. The number of hydrogen-bond donors (Lipinski definition) is 2. The summed E-state index contributed by atoms with van der Waals surface area (Å²) in [5.41, 5.74) is 0.946. The lowest BCUT2D eigenvalue weighted by molar-refractivity contribution is -0.139. The van der Waals surface area contributed by atoms with Gasteiger partial charge in [-0.15, -0.1) is 0 Å². The molecule has 6 nitrogen and oxygen atoms in total. The van der Waals surface area contributed by atoms with Crippen LogP contribution in [0.1, 0.15) is 31.2 Å². The molecular weight excluding hydrogens is 296 g/mol. The van der Waals surface area contributed by atoms with E-state index in [9.17, 15) is 9.59 Å². The number of fused-ring (bicyclic) bond motifs is 1. The topological polar surface area (TPSA) is 78.9 Å². The number of likely N-dealkylation sites (N-methyl/N-ethyl adjacent to an activating group) is 1. The van der Waals surface area contributed by atoms with Crippen LogP contribution in [0, 0.1) is 0 Å². The van der Waals surface area contributed by atoms with Crippen molar-refractivity contribution in [1.82, 2.24) is 10.2 Å². The van der Waals surface area contributed by atoms with Gasteiger partial charge in [-0.05, 0) is 25.5 Å². The van der Waals surface area contributed by atoms with Gasteiger partial charge >= 0.3 is 5.97 Å². The molecule has 0 saturated heterocycles. The number of amides is 1. The summed E-state index contributed by atoms with van der Waals surface area (Å²) < 4.78 is 5.55. The molecule has 1 aliphatic heterocycles. The number of carbonyl (C=O) groups excluding carboxylic acids is 1. The lowest BCUT2D eigenvalue weighted by Crippen LogP contribution is -2.55. The Hall–Kier alpha value is -2.08. The molecule has 0 spiro atoms. The monoisotopic (exact) mass is 318 g/mol. The predicted molar refractivity (Wildman–Crippen MR) is 84.5 cm³/mol. The van der Waals surface area contributed by atoms with E-state index < -0.39 is 5.97 Å². The molecule has 1 heterocycles. The third-order valence-corrected chi connectivity index (χ3v) is 4.74. The number of nitrogens with one attached hydrogen (secondary N) is 1. The first-order valence-electron chi connectivity index (χ1n) is 8.06. The second-order valence-electron chi connectivity index (χ2n) is 6.19. The highest BCUT2D eigenvalue weighted by atomic mass is 16.5. The number of benzene rings is 1. The Balaban J connectivity index is 1.51.